The molecule has 0 fully saturated rings. The van der Waals surface area contributed by atoms with E-state index in [4.69, 9.17) is 5.73 Å². The van der Waals surface area contributed by atoms with Crippen LogP contribution >= 0.6 is 0 Å². The lowest BCUT2D eigenvalue weighted by Gasteiger charge is -2.18. The highest BCUT2D eigenvalue weighted by Crippen LogP contribution is 2.22. The van der Waals surface area contributed by atoms with Crippen molar-refractivity contribution < 1.29 is 0 Å². The van der Waals surface area contributed by atoms with Gasteiger partial charge in [-0.25, -0.2) is 0 Å². The average molecular weight is 282 g/mol. The summed E-state index contributed by atoms with van der Waals surface area (Å²) in [5.74, 6) is 0. The van der Waals surface area contributed by atoms with Crippen LogP contribution in [-0.2, 0) is 19.4 Å². The van der Waals surface area contributed by atoms with Crippen LogP contribution in [-0.4, -0.2) is 4.57 Å². The van der Waals surface area contributed by atoms with Gasteiger partial charge in [0.05, 0.1) is 0 Å². The second-order valence-electron chi connectivity index (χ2n) is 6.06. The van der Waals surface area contributed by atoms with E-state index in [0.717, 1.165) is 24.8 Å². The first-order valence-corrected chi connectivity index (χ1v) is 7.60. The highest BCUT2D eigenvalue weighted by atomic mass is 16.1. The van der Waals surface area contributed by atoms with Gasteiger partial charge >= 0.3 is 0 Å². The largest absolute Gasteiger partial charge is 0.322 e. The molecule has 0 spiro atoms. The topological polar surface area (TPSA) is 48.0 Å². The van der Waals surface area contributed by atoms with Crippen molar-refractivity contribution in [3.63, 3.8) is 0 Å². The molecule has 110 valence electrons. The molecule has 1 aromatic heterocycles. The van der Waals surface area contributed by atoms with E-state index < -0.39 is 0 Å². The summed E-state index contributed by atoms with van der Waals surface area (Å²) in [5, 5.41) is 0. The van der Waals surface area contributed by atoms with Crippen molar-refractivity contribution in [1.29, 1.82) is 0 Å². The molecule has 1 aromatic carbocycles. The zero-order valence-corrected chi connectivity index (χ0v) is 12.7. The summed E-state index contributed by atoms with van der Waals surface area (Å²) in [6.45, 7) is 4.75. The van der Waals surface area contributed by atoms with Gasteiger partial charge in [-0.05, 0) is 55.4 Å². The Labute approximate surface area is 125 Å². The Kier molecular flexibility index (Phi) is 3.68. The molecule has 3 rings (SSSR count). The summed E-state index contributed by atoms with van der Waals surface area (Å²) in [7, 11) is 0. The van der Waals surface area contributed by atoms with Gasteiger partial charge in [-0.1, -0.05) is 24.3 Å². The van der Waals surface area contributed by atoms with E-state index in [9.17, 15) is 4.79 Å². The zero-order valence-electron chi connectivity index (χ0n) is 12.7. The maximum Gasteiger partial charge on any atom is 0.250 e. The third kappa shape index (κ3) is 2.66. The first-order chi connectivity index (χ1) is 10.1. The van der Waals surface area contributed by atoms with Crippen molar-refractivity contribution in [2.24, 2.45) is 5.73 Å². The van der Waals surface area contributed by atoms with Crippen LogP contribution in [0.2, 0.25) is 0 Å². The van der Waals surface area contributed by atoms with Gasteiger partial charge in [-0.15, -0.1) is 0 Å². The Bertz CT molecular complexity index is 730. The highest BCUT2D eigenvalue weighted by Gasteiger charge is 2.18. The summed E-state index contributed by atoms with van der Waals surface area (Å²) < 4.78 is 1.88. The van der Waals surface area contributed by atoms with Crippen molar-refractivity contribution in [2.45, 2.75) is 45.7 Å². The fourth-order valence-corrected chi connectivity index (χ4v) is 3.13. The van der Waals surface area contributed by atoms with Crippen molar-refractivity contribution in [3.8, 4) is 0 Å². The fraction of sp³-hybridized carbons (Fsp3) is 0.389. The minimum Gasteiger partial charge on any atom is -0.322 e. The molecule has 0 saturated heterocycles. The van der Waals surface area contributed by atoms with Crippen molar-refractivity contribution in [3.05, 3.63) is 68.6 Å². The smallest absolute Gasteiger partial charge is 0.250 e. The van der Waals surface area contributed by atoms with E-state index in [1.165, 1.54) is 22.4 Å². The number of aromatic nitrogens is 1. The molecule has 21 heavy (non-hydrogen) atoms. The van der Waals surface area contributed by atoms with Gasteiger partial charge in [0.25, 0.3) is 5.56 Å². The molecule has 0 aliphatic heterocycles. The molecular formula is C18H22N2O. The Balaban J connectivity index is 1.91. The van der Waals surface area contributed by atoms with Crippen LogP contribution in [0.1, 0.15) is 40.4 Å². The van der Waals surface area contributed by atoms with Gasteiger partial charge in [0, 0.05) is 24.3 Å². The Morgan fingerprint density at radius 3 is 2.71 bits per heavy atom. The summed E-state index contributed by atoms with van der Waals surface area (Å²) in [5.41, 5.74) is 12.5. The number of nitrogens with two attached hydrogens (primary N) is 1. The maximum absolute atomic E-state index is 12.2. The predicted octanol–water partition coefficient (Wildman–Crippen LogP) is 2.65. The van der Waals surface area contributed by atoms with E-state index in [1.807, 2.05) is 10.6 Å². The van der Waals surface area contributed by atoms with Gasteiger partial charge in [-0.3, -0.25) is 4.79 Å². The number of aryl methyl sites for hydroxylation is 3. The fourth-order valence-electron chi connectivity index (χ4n) is 3.13. The van der Waals surface area contributed by atoms with E-state index in [2.05, 4.69) is 32.0 Å². The van der Waals surface area contributed by atoms with Crippen LogP contribution in [0.4, 0.5) is 0 Å². The zero-order chi connectivity index (χ0) is 15.0. The number of hydrogen-bond donors (Lipinski definition) is 1. The lowest BCUT2D eigenvalue weighted by atomic mass is 10.0. The van der Waals surface area contributed by atoms with Crippen LogP contribution in [0, 0.1) is 13.8 Å². The van der Waals surface area contributed by atoms with Crippen LogP contribution in [0.25, 0.3) is 0 Å². The lowest BCUT2D eigenvalue weighted by Crippen LogP contribution is -2.28. The summed E-state index contributed by atoms with van der Waals surface area (Å²) in [6.07, 6.45) is 3.21. The number of rotatable bonds is 3. The number of fused-ring (bicyclic) bond motifs is 1. The summed E-state index contributed by atoms with van der Waals surface area (Å²) in [6, 6.07) is 9.81. The molecule has 1 aliphatic rings. The SMILES string of the molecule is Cc1ccc(C(N)Cn2c3c(ccc2=O)CCC3)cc1C. The normalized spacial score (nSPS) is 15.0. The first-order valence-electron chi connectivity index (χ1n) is 7.60. The predicted molar refractivity (Wildman–Crippen MR) is 85.6 cm³/mol. The van der Waals surface area contributed by atoms with E-state index in [0.29, 0.717) is 6.54 Å². The molecule has 0 radical (unpaired) electrons. The molecule has 1 unspecified atom stereocenters. The molecular weight excluding hydrogens is 260 g/mol. The third-order valence-corrected chi connectivity index (χ3v) is 4.59. The van der Waals surface area contributed by atoms with Crippen molar-refractivity contribution in [2.75, 3.05) is 0 Å². The van der Waals surface area contributed by atoms with Crippen molar-refractivity contribution >= 4 is 0 Å². The number of nitrogens with zero attached hydrogens (tertiary/aromatic N) is 1. The van der Waals surface area contributed by atoms with Gasteiger partial charge in [0.2, 0.25) is 0 Å². The minimum absolute atomic E-state index is 0.0648. The van der Waals surface area contributed by atoms with Crippen LogP contribution in [0.15, 0.2) is 35.1 Å². The van der Waals surface area contributed by atoms with Crippen molar-refractivity contribution in [1.82, 2.24) is 4.57 Å². The number of benzene rings is 1. The van der Waals surface area contributed by atoms with Crippen LogP contribution in [0.3, 0.4) is 0 Å². The molecule has 2 aromatic rings. The van der Waals surface area contributed by atoms with Gasteiger partial charge in [0.1, 0.15) is 0 Å². The standard InChI is InChI=1S/C18H22N2O/c1-12-6-7-15(10-13(12)2)16(19)11-20-17-5-3-4-14(17)8-9-18(20)21/h6-10,16H,3-5,11,19H2,1-2H3. The minimum atomic E-state index is -0.144. The molecule has 0 amide bonds. The Morgan fingerprint density at radius 2 is 1.95 bits per heavy atom. The van der Waals surface area contributed by atoms with Gasteiger partial charge in [-0.2, -0.15) is 0 Å². The third-order valence-electron chi connectivity index (χ3n) is 4.59. The van der Waals surface area contributed by atoms with Crippen LogP contribution < -0.4 is 11.3 Å². The molecule has 1 aliphatic carbocycles. The average Bonchev–Trinajstić information content (AvgIpc) is 2.93. The molecule has 2 N–H and O–H groups in total. The van der Waals surface area contributed by atoms with Gasteiger partial charge < -0.3 is 10.3 Å². The van der Waals surface area contributed by atoms with Crippen LogP contribution in [0.5, 0.6) is 0 Å². The quantitative estimate of drug-likeness (QED) is 0.941. The Morgan fingerprint density at radius 1 is 1.14 bits per heavy atom. The van der Waals surface area contributed by atoms with E-state index in [-0.39, 0.29) is 11.6 Å². The second-order valence-corrected chi connectivity index (χ2v) is 6.06. The molecule has 3 heteroatoms. The lowest BCUT2D eigenvalue weighted by molar-refractivity contribution is 0.544. The monoisotopic (exact) mass is 282 g/mol. The highest BCUT2D eigenvalue weighted by molar-refractivity contribution is 5.32. The molecule has 0 saturated carbocycles. The molecule has 0 bridgehead atoms. The first kappa shape index (κ1) is 14.1. The number of pyridine rings is 1. The molecule has 1 atom stereocenters. The maximum atomic E-state index is 12.2. The Hall–Kier alpha value is -1.87. The summed E-state index contributed by atoms with van der Waals surface area (Å²) >= 11 is 0. The molecule has 1 heterocycles. The summed E-state index contributed by atoms with van der Waals surface area (Å²) in [4.78, 5) is 12.2. The van der Waals surface area contributed by atoms with E-state index in [1.54, 1.807) is 6.07 Å². The number of hydrogen-bond acceptors (Lipinski definition) is 2. The van der Waals surface area contributed by atoms with E-state index >= 15 is 0 Å². The second kappa shape index (κ2) is 5.49. The van der Waals surface area contributed by atoms with Gasteiger partial charge in [0.15, 0.2) is 0 Å². The molecule has 3 nitrogen and oxygen atoms in total.